The van der Waals surface area contributed by atoms with Crippen molar-refractivity contribution < 1.29 is 0 Å². The van der Waals surface area contributed by atoms with Gasteiger partial charge in [-0.2, -0.15) is 0 Å². The zero-order valence-electron chi connectivity index (χ0n) is 6.94. The summed E-state index contributed by atoms with van der Waals surface area (Å²) in [6.07, 6.45) is 1.29. The number of hydrogen-bond acceptors (Lipinski definition) is 1. The number of rotatable bonds is 2. The molecule has 0 bridgehead atoms. The van der Waals surface area contributed by atoms with Crippen molar-refractivity contribution in [2.75, 3.05) is 6.54 Å². The number of hydrogen-bond donors (Lipinski definition) is 1. The highest BCUT2D eigenvalue weighted by atomic mass is 35.5. The van der Waals surface area contributed by atoms with E-state index < -0.39 is 0 Å². The fourth-order valence-corrected chi connectivity index (χ4v) is 1.62. The second kappa shape index (κ2) is 3.92. The summed E-state index contributed by atoms with van der Waals surface area (Å²) in [5.74, 6) is 1.53. The molecule has 1 aromatic rings. The summed E-state index contributed by atoms with van der Waals surface area (Å²) in [5.41, 5.74) is 7.02. The molecule has 2 N–H and O–H groups in total. The standard InChI is InChI=1S/C10H13N.ClH/c11-7-9-6-10(9)8-4-2-1-3-5-8;/h1-5,9-10H,6-7,11H2;1H/t9-,10-;/m1./s1. The Morgan fingerprint density at radius 3 is 2.42 bits per heavy atom. The molecule has 66 valence electrons. The average molecular weight is 184 g/mol. The average Bonchev–Trinajstić information content (AvgIpc) is 2.85. The Labute approximate surface area is 79.4 Å². The molecule has 1 saturated carbocycles. The minimum atomic E-state index is 0. The predicted octanol–water partition coefficient (Wildman–Crippen LogP) is 2.17. The van der Waals surface area contributed by atoms with E-state index in [1.807, 2.05) is 0 Å². The first kappa shape index (κ1) is 9.56. The van der Waals surface area contributed by atoms with E-state index in [9.17, 15) is 0 Å². The Morgan fingerprint density at radius 1 is 1.25 bits per heavy atom. The third-order valence-corrected chi connectivity index (χ3v) is 2.45. The van der Waals surface area contributed by atoms with Crippen molar-refractivity contribution in [3.8, 4) is 0 Å². The molecule has 2 atom stereocenters. The Balaban J connectivity index is 0.000000720. The largest absolute Gasteiger partial charge is 0.330 e. The molecule has 0 radical (unpaired) electrons. The van der Waals surface area contributed by atoms with E-state index in [1.165, 1.54) is 12.0 Å². The van der Waals surface area contributed by atoms with Crippen LogP contribution in [0, 0.1) is 5.92 Å². The molecule has 0 saturated heterocycles. The van der Waals surface area contributed by atoms with Gasteiger partial charge in [-0.15, -0.1) is 12.4 Å². The first-order chi connectivity index (χ1) is 5.42. The summed E-state index contributed by atoms with van der Waals surface area (Å²) in [4.78, 5) is 0. The topological polar surface area (TPSA) is 26.0 Å². The normalized spacial score (nSPS) is 26.1. The van der Waals surface area contributed by atoms with E-state index in [2.05, 4.69) is 30.3 Å². The van der Waals surface area contributed by atoms with Crippen LogP contribution in [0.15, 0.2) is 30.3 Å². The van der Waals surface area contributed by atoms with Crippen molar-refractivity contribution in [2.24, 2.45) is 11.7 Å². The first-order valence-electron chi connectivity index (χ1n) is 4.17. The summed E-state index contributed by atoms with van der Waals surface area (Å²) in [6, 6.07) is 10.6. The Bertz CT molecular complexity index is 235. The maximum absolute atomic E-state index is 5.56. The summed E-state index contributed by atoms with van der Waals surface area (Å²) in [6.45, 7) is 0.847. The minimum absolute atomic E-state index is 0. The lowest BCUT2D eigenvalue weighted by molar-refractivity contribution is 0.810. The third-order valence-electron chi connectivity index (χ3n) is 2.45. The summed E-state index contributed by atoms with van der Waals surface area (Å²) in [7, 11) is 0. The highest BCUT2D eigenvalue weighted by molar-refractivity contribution is 5.85. The Morgan fingerprint density at radius 2 is 1.92 bits per heavy atom. The van der Waals surface area contributed by atoms with Gasteiger partial charge in [0, 0.05) is 0 Å². The smallest absolute Gasteiger partial charge is 0.00428 e. The number of nitrogens with two attached hydrogens (primary N) is 1. The third kappa shape index (κ3) is 1.79. The van der Waals surface area contributed by atoms with Crippen molar-refractivity contribution in [3.63, 3.8) is 0 Å². The van der Waals surface area contributed by atoms with Gasteiger partial charge in [0.25, 0.3) is 0 Å². The molecule has 1 nitrogen and oxygen atoms in total. The maximum atomic E-state index is 5.56. The van der Waals surface area contributed by atoms with E-state index in [1.54, 1.807) is 0 Å². The van der Waals surface area contributed by atoms with Crippen LogP contribution in [0.2, 0.25) is 0 Å². The first-order valence-corrected chi connectivity index (χ1v) is 4.17. The number of halogens is 1. The van der Waals surface area contributed by atoms with Crippen molar-refractivity contribution in [2.45, 2.75) is 12.3 Å². The predicted molar refractivity (Wildman–Crippen MR) is 53.6 cm³/mol. The maximum Gasteiger partial charge on any atom is -0.00428 e. The van der Waals surface area contributed by atoms with Crippen LogP contribution >= 0.6 is 12.4 Å². The van der Waals surface area contributed by atoms with Gasteiger partial charge in [0.05, 0.1) is 0 Å². The molecule has 2 heteroatoms. The van der Waals surface area contributed by atoms with E-state index in [4.69, 9.17) is 5.73 Å². The van der Waals surface area contributed by atoms with Crippen LogP contribution in [-0.4, -0.2) is 6.54 Å². The van der Waals surface area contributed by atoms with E-state index in [-0.39, 0.29) is 12.4 Å². The van der Waals surface area contributed by atoms with Crippen LogP contribution < -0.4 is 5.73 Å². The molecule has 2 rings (SSSR count). The molecule has 12 heavy (non-hydrogen) atoms. The molecule has 0 aromatic heterocycles. The van der Waals surface area contributed by atoms with Crippen molar-refractivity contribution >= 4 is 12.4 Å². The second-order valence-electron chi connectivity index (χ2n) is 3.25. The Kier molecular flexibility index (Phi) is 3.12. The zero-order chi connectivity index (χ0) is 7.68. The van der Waals surface area contributed by atoms with Crippen molar-refractivity contribution in [1.29, 1.82) is 0 Å². The van der Waals surface area contributed by atoms with E-state index in [0.717, 1.165) is 18.4 Å². The van der Waals surface area contributed by atoms with Gasteiger partial charge in [-0.25, -0.2) is 0 Å². The van der Waals surface area contributed by atoms with Gasteiger partial charge in [-0.3, -0.25) is 0 Å². The molecular formula is C10H14ClN. The summed E-state index contributed by atoms with van der Waals surface area (Å²) < 4.78 is 0. The molecule has 1 aliphatic rings. The molecule has 0 unspecified atom stereocenters. The van der Waals surface area contributed by atoms with Gasteiger partial charge in [0.15, 0.2) is 0 Å². The molecular weight excluding hydrogens is 170 g/mol. The quantitative estimate of drug-likeness (QED) is 0.748. The summed E-state index contributed by atoms with van der Waals surface area (Å²) in [5, 5.41) is 0. The monoisotopic (exact) mass is 183 g/mol. The lowest BCUT2D eigenvalue weighted by Gasteiger charge is -1.96. The van der Waals surface area contributed by atoms with Gasteiger partial charge in [-0.1, -0.05) is 30.3 Å². The number of benzene rings is 1. The fraction of sp³-hybridized carbons (Fsp3) is 0.400. The van der Waals surface area contributed by atoms with Crippen LogP contribution in [0.3, 0.4) is 0 Å². The van der Waals surface area contributed by atoms with Crippen molar-refractivity contribution in [1.82, 2.24) is 0 Å². The van der Waals surface area contributed by atoms with Crippen LogP contribution in [0.4, 0.5) is 0 Å². The van der Waals surface area contributed by atoms with Crippen LogP contribution in [0.1, 0.15) is 17.9 Å². The van der Waals surface area contributed by atoms with Gasteiger partial charge >= 0.3 is 0 Å². The molecule has 0 heterocycles. The van der Waals surface area contributed by atoms with Gasteiger partial charge in [-0.05, 0) is 30.4 Å². The zero-order valence-corrected chi connectivity index (χ0v) is 7.76. The van der Waals surface area contributed by atoms with Gasteiger partial charge in [0.2, 0.25) is 0 Å². The highest BCUT2D eigenvalue weighted by Gasteiger charge is 2.36. The van der Waals surface area contributed by atoms with Crippen LogP contribution in [-0.2, 0) is 0 Å². The van der Waals surface area contributed by atoms with E-state index >= 15 is 0 Å². The Hall–Kier alpha value is -0.530. The van der Waals surface area contributed by atoms with Gasteiger partial charge in [0.1, 0.15) is 0 Å². The van der Waals surface area contributed by atoms with Crippen LogP contribution in [0.25, 0.3) is 0 Å². The molecule has 0 amide bonds. The molecule has 1 fully saturated rings. The van der Waals surface area contributed by atoms with Crippen LogP contribution in [0.5, 0.6) is 0 Å². The molecule has 1 aromatic carbocycles. The van der Waals surface area contributed by atoms with E-state index in [0.29, 0.717) is 0 Å². The minimum Gasteiger partial charge on any atom is -0.330 e. The molecule has 0 aliphatic heterocycles. The lowest BCUT2D eigenvalue weighted by Crippen LogP contribution is -2.01. The second-order valence-corrected chi connectivity index (χ2v) is 3.25. The molecule has 0 spiro atoms. The summed E-state index contributed by atoms with van der Waals surface area (Å²) >= 11 is 0. The van der Waals surface area contributed by atoms with Crippen molar-refractivity contribution in [3.05, 3.63) is 35.9 Å². The lowest BCUT2D eigenvalue weighted by atomic mass is 10.1. The fourth-order valence-electron chi connectivity index (χ4n) is 1.62. The van der Waals surface area contributed by atoms with Gasteiger partial charge < -0.3 is 5.73 Å². The SMILES string of the molecule is Cl.NC[C@H]1C[C@@H]1c1ccccc1. The highest BCUT2D eigenvalue weighted by Crippen LogP contribution is 2.46. The molecule has 1 aliphatic carbocycles.